The summed E-state index contributed by atoms with van der Waals surface area (Å²) in [6, 6.07) is 34.0. The zero-order chi connectivity index (χ0) is 26.5. The van der Waals surface area contributed by atoms with E-state index in [4.69, 9.17) is 19.4 Å². The number of fused-ring (bicyclic) bond motifs is 1. The van der Waals surface area contributed by atoms with Crippen LogP contribution in [0.1, 0.15) is 42.5 Å². The second kappa shape index (κ2) is 11.1. The van der Waals surface area contributed by atoms with Gasteiger partial charge in [0.2, 0.25) is 5.89 Å². The second-order valence-corrected chi connectivity index (χ2v) is 9.05. The molecule has 5 rings (SSSR count). The van der Waals surface area contributed by atoms with Gasteiger partial charge in [-0.3, -0.25) is 0 Å². The number of rotatable bonds is 7. The lowest BCUT2D eigenvalue weighted by atomic mass is 10.0. The number of hydrogen-bond donors (Lipinski definition) is 0. The number of amidine groups is 1. The van der Waals surface area contributed by atoms with Gasteiger partial charge in [-0.25, -0.2) is 15.0 Å². The van der Waals surface area contributed by atoms with E-state index in [1.54, 1.807) is 0 Å². The highest BCUT2D eigenvalue weighted by Crippen LogP contribution is 2.28. The molecule has 1 aromatic heterocycles. The van der Waals surface area contributed by atoms with Crippen LogP contribution in [-0.2, 0) is 0 Å². The minimum absolute atomic E-state index is 0.586. The molecule has 0 saturated carbocycles. The van der Waals surface area contributed by atoms with E-state index >= 15 is 0 Å². The van der Waals surface area contributed by atoms with Crippen LogP contribution in [0, 0.1) is 0 Å². The Morgan fingerprint density at radius 3 is 2.13 bits per heavy atom. The maximum atomic E-state index is 6.19. The van der Waals surface area contributed by atoms with Gasteiger partial charge in [0, 0.05) is 16.8 Å². The van der Waals surface area contributed by atoms with Crippen molar-refractivity contribution in [2.45, 2.75) is 20.3 Å². The number of benzene rings is 4. The molecule has 5 aromatic rings. The molecular weight excluding hydrogens is 466 g/mol. The van der Waals surface area contributed by atoms with Crippen molar-refractivity contribution in [1.29, 1.82) is 0 Å². The molecule has 0 aliphatic heterocycles. The smallest absolute Gasteiger partial charge is 0.227 e. The Kier molecular flexibility index (Phi) is 7.23. The molecule has 4 nitrogen and oxygen atoms in total. The molecule has 0 spiro atoms. The van der Waals surface area contributed by atoms with E-state index in [-0.39, 0.29) is 0 Å². The van der Waals surface area contributed by atoms with Crippen molar-refractivity contribution in [2.24, 2.45) is 9.98 Å². The highest BCUT2D eigenvalue weighted by Gasteiger charge is 2.12. The van der Waals surface area contributed by atoms with Gasteiger partial charge in [-0.15, -0.1) is 0 Å². The molecule has 4 heteroatoms. The largest absolute Gasteiger partial charge is 0.436 e. The van der Waals surface area contributed by atoms with E-state index in [1.165, 1.54) is 0 Å². The summed E-state index contributed by atoms with van der Waals surface area (Å²) in [5.74, 6) is 1.19. The van der Waals surface area contributed by atoms with Crippen LogP contribution >= 0.6 is 0 Å². The van der Waals surface area contributed by atoms with E-state index in [9.17, 15) is 0 Å². The monoisotopic (exact) mass is 495 g/mol. The first-order valence-electron chi connectivity index (χ1n) is 12.6. The molecule has 0 radical (unpaired) electrons. The maximum Gasteiger partial charge on any atom is 0.227 e. The van der Waals surface area contributed by atoms with Crippen molar-refractivity contribution in [3.63, 3.8) is 0 Å². The van der Waals surface area contributed by atoms with Crippen molar-refractivity contribution in [3.05, 3.63) is 139 Å². The second-order valence-electron chi connectivity index (χ2n) is 9.05. The molecule has 0 saturated heterocycles. The fourth-order valence-corrected chi connectivity index (χ4v) is 4.14. The number of hydrogen-bond acceptors (Lipinski definition) is 3. The molecule has 0 amide bonds. The van der Waals surface area contributed by atoms with Gasteiger partial charge < -0.3 is 4.42 Å². The summed E-state index contributed by atoms with van der Waals surface area (Å²) in [6.07, 6.45) is 0.895. The Hall–Kier alpha value is -4.83. The third kappa shape index (κ3) is 5.45. The number of oxazole rings is 1. The third-order valence-corrected chi connectivity index (χ3v) is 6.40. The van der Waals surface area contributed by atoms with Crippen LogP contribution in [0.2, 0.25) is 0 Å². The van der Waals surface area contributed by atoms with Crippen LogP contribution in [0.3, 0.4) is 0 Å². The van der Waals surface area contributed by atoms with Gasteiger partial charge in [-0.2, -0.15) is 0 Å². The summed E-state index contributed by atoms with van der Waals surface area (Å²) in [4.78, 5) is 14.5. The number of nitrogens with zero attached hydrogens (tertiary/aromatic N) is 3. The molecule has 0 atom stereocenters. The zero-order valence-corrected chi connectivity index (χ0v) is 21.7. The van der Waals surface area contributed by atoms with Crippen molar-refractivity contribution in [1.82, 2.24) is 4.98 Å². The van der Waals surface area contributed by atoms with Crippen LogP contribution in [-0.4, -0.2) is 16.5 Å². The summed E-state index contributed by atoms with van der Waals surface area (Å²) in [6.45, 7) is 12.4. The Labute approximate surface area is 223 Å². The molecule has 0 aliphatic rings. The molecule has 0 N–H and O–H groups in total. The number of allylic oxidation sites excluding steroid dienone is 1. The summed E-state index contributed by atoms with van der Waals surface area (Å²) in [7, 11) is 0. The van der Waals surface area contributed by atoms with E-state index in [0.29, 0.717) is 23.0 Å². The minimum atomic E-state index is 0.586. The van der Waals surface area contributed by atoms with Gasteiger partial charge in [0.15, 0.2) is 11.4 Å². The van der Waals surface area contributed by atoms with E-state index < -0.39 is 0 Å². The predicted octanol–water partition coefficient (Wildman–Crippen LogP) is 8.84. The number of aromatic nitrogens is 1. The molecule has 0 unspecified atom stereocenters. The van der Waals surface area contributed by atoms with Crippen molar-refractivity contribution >= 4 is 33.9 Å². The minimum Gasteiger partial charge on any atom is -0.436 e. The van der Waals surface area contributed by atoms with Gasteiger partial charge in [-0.05, 0) is 59.9 Å². The Morgan fingerprint density at radius 2 is 1.42 bits per heavy atom. The average molecular weight is 496 g/mol. The molecule has 0 aliphatic carbocycles. The first kappa shape index (κ1) is 24.8. The number of aliphatic imine (C=N–C) groups is 2. The van der Waals surface area contributed by atoms with Crippen molar-refractivity contribution < 1.29 is 4.42 Å². The summed E-state index contributed by atoms with van der Waals surface area (Å²) >= 11 is 0. The van der Waals surface area contributed by atoms with E-state index in [1.807, 2.05) is 97.9 Å². The summed E-state index contributed by atoms with van der Waals surface area (Å²) < 4.78 is 6.19. The lowest BCUT2D eigenvalue weighted by molar-refractivity contribution is 0.620. The van der Waals surface area contributed by atoms with Gasteiger partial charge in [0.05, 0.1) is 5.70 Å². The van der Waals surface area contributed by atoms with E-state index in [2.05, 4.69) is 32.2 Å². The Morgan fingerprint density at radius 1 is 0.737 bits per heavy atom. The molecule has 0 fully saturated rings. The Bertz CT molecular complexity index is 1680. The van der Waals surface area contributed by atoms with Crippen molar-refractivity contribution in [3.8, 4) is 11.5 Å². The normalized spacial score (nSPS) is 12.1. The standard InChI is InChI=1S/C34H29N3O/c1-5-23(2)28-17-12-18-30(21-28)34-37-31-20-19-29(22-32(31)38-34)25(4)36-33(27-15-10-7-11-16-27)35-24(3)26-13-8-6-9-14-26/h6-22H,2-3,5H2,1,4H3. The first-order chi connectivity index (χ1) is 18.5. The molecule has 1 heterocycles. The lowest BCUT2D eigenvalue weighted by Gasteiger charge is -2.07. The van der Waals surface area contributed by atoms with Crippen LogP contribution in [0.25, 0.3) is 33.8 Å². The fourth-order valence-electron chi connectivity index (χ4n) is 4.14. The molecular formula is C34H29N3O. The lowest BCUT2D eigenvalue weighted by Crippen LogP contribution is -2.04. The van der Waals surface area contributed by atoms with Gasteiger partial charge in [-0.1, -0.05) is 98.9 Å². The van der Waals surface area contributed by atoms with Crippen molar-refractivity contribution in [2.75, 3.05) is 0 Å². The third-order valence-electron chi connectivity index (χ3n) is 6.40. The highest BCUT2D eigenvalue weighted by atomic mass is 16.3. The highest BCUT2D eigenvalue weighted by molar-refractivity contribution is 6.13. The molecule has 186 valence electrons. The van der Waals surface area contributed by atoms with Crippen LogP contribution in [0.15, 0.2) is 131 Å². The van der Waals surface area contributed by atoms with Crippen LogP contribution in [0.5, 0.6) is 0 Å². The van der Waals surface area contributed by atoms with Crippen LogP contribution < -0.4 is 0 Å². The predicted molar refractivity (Wildman–Crippen MR) is 159 cm³/mol. The van der Waals surface area contributed by atoms with Crippen LogP contribution in [0.4, 0.5) is 0 Å². The maximum absolute atomic E-state index is 6.19. The zero-order valence-electron chi connectivity index (χ0n) is 21.7. The molecule has 4 aromatic carbocycles. The molecule has 38 heavy (non-hydrogen) atoms. The van der Waals surface area contributed by atoms with Gasteiger partial charge in [0.1, 0.15) is 5.52 Å². The summed E-state index contributed by atoms with van der Waals surface area (Å²) in [5.41, 5.74) is 8.89. The quantitative estimate of drug-likeness (QED) is 0.167. The Balaban J connectivity index is 1.50. The SMILES string of the molecule is C=C(CC)c1cccc(-c2nc3ccc(C(C)=NC(=NC(=C)c4ccccc4)c4ccccc4)cc3o2)c1. The first-order valence-corrected chi connectivity index (χ1v) is 12.6. The topological polar surface area (TPSA) is 50.8 Å². The van der Waals surface area contributed by atoms with Gasteiger partial charge >= 0.3 is 0 Å². The average Bonchev–Trinajstić information content (AvgIpc) is 3.41. The van der Waals surface area contributed by atoms with Gasteiger partial charge in [0.25, 0.3) is 0 Å². The summed E-state index contributed by atoms with van der Waals surface area (Å²) in [5, 5.41) is 0. The fraction of sp³-hybridized carbons (Fsp3) is 0.0882. The molecule has 0 bridgehead atoms. The van der Waals surface area contributed by atoms with E-state index in [0.717, 1.165) is 51.0 Å².